The highest BCUT2D eigenvalue weighted by molar-refractivity contribution is 6.17. The molecule has 220 valence electrons. The zero-order chi connectivity index (χ0) is 29.2. The quantitative estimate of drug-likeness (QED) is 0.146. The van der Waals surface area contributed by atoms with Crippen LogP contribution in [0.4, 0.5) is 0 Å². The van der Waals surface area contributed by atoms with E-state index in [0.29, 0.717) is 27.7 Å². The van der Waals surface area contributed by atoms with Crippen LogP contribution in [-0.2, 0) is 4.74 Å². The van der Waals surface area contributed by atoms with Gasteiger partial charge in [-0.25, -0.2) is 4.79 Å². The highest BCUT2D eigenvalue weighted by atomic mass is 16.5. The lowest BCUT2D eigenvalue weighted by molar-refractivity contribution is 0.0378. The second-order valence-corrected chi connectivity index (χ2v) is 11.7. The Hall–Kier alpha value is -3.18. The van der Waals surface area contributed by atoms with Crippen LogP contribution in [0.15, 0.2) is 53.0 Å². The van der Waals surface area contributed by atoms with Crippen LogP contribution in [0.25, 0.3) is 17.0 Å². The molecule has 0 radical (unpaired) electrons. The van der Waals surface area contributed by atoms with Gasteiger partial charge in [-0.3, -0.25) is 9.69 Å². The average molecular weight is 558 g/mol. The van der Waals surface area contributed by atoms with E-state index in [1.54, 1.807) is 18.2 Å². The highest BCUT2D eigenvalue weighted by Gasteiger charge is 2.29. The molecule has 0 bridgehead atoms. The third kappa shape index (κ3) is 8.19. The first-order valence-electron chi connectivity index (χ1n) is 15.7. The maximum Gasteiger partial charge on any atom is 0.338 e. The fourth-order valence-corrected chi connectivity index (χ4v) is 5.70. The van der Waals surface area contributed by atoms with Gasteiger partial charge in [0.15, 0.2) is 5.78 Å². The van der Waals surface area contributed by atoms with Crippen LogP contribution in [0.2, 0.25) is 0 Å². The Balaban J connectivity index is 1.59. The first-order valence-corrected chi connectivity index (χ1v) is 15.7. The summed E-state index contributed by atoms with van der Waals surface area (Å²) in [4.78, 5) is 29.3. The summed E-state index contributed by atoms with van der Waals surface area (Å²) in [6.07, 6.45) is 14.5. The largest absolute Gasteiger partial charge is 0.460 e. The predicted molar refractivity (Wildman–Crippen MR) is 168 cm³/mol. The Kier molecular flexibility index (Phi) is 11.4. The van der Waals surface area contributed by atoms with Gasteiger partial charge >= 0.3 is 5.97 Å². The molecule has 1 saturated carbocycles. The standard InChI is InChI=1S/C36H47NO4/c1-5-7-22-37(23-8-6-2)24-12-13-27-16-18-28(19-17-27)34(38)33-31-25-30(36(39)40-26(3)4)20-21-32(31)41-35(33)29-14-10-9-11-15-29/h12-13,16-21,25-26,29H,5-11,14-15,22-24H2,1-4H3/b13-12+. The van der Waals surface area contributed by atoms with E-state index < -0.39 is 0 Å². The van der Waals surface area contributed by atoms with Crippen molar-refractivity contribution in [3.8, 4) is 0 Å². The summed E-state index contributed by atoms with van der Waals surface area (Å²) in [5.74, 6) is 0.536. The predicted octanol–water partition coefficient (Wildman–Crippen LogP) is 9.19. The molecular weight excluding hydrogens is 510 g/mol. The van der Waals surface area contributed by atoms with Gasteiger partial charge in [-0.05, 0) is 76.4 Å². The molecule has 0 spiro atoms. The minimum absolute atomic E-state index is 0.0560. The van der Waals surface area contributed by atoms with Crippen LogP contribution < -0.4 is 0 Å². The van der Waals surface area contributed by atoms with Crippen molar-refractivity contribution in [2.24, 2.45) is 0 Å². The van der Waals surface area contributed by atoms with Crippen molar-refractivity contribution in [2.45, 2.75) is 97.5 Å². The van der Waals surface area contributed by atoms with Crippen LogP contribution in [0.5, 0.6) is 0 Å². The molecule has 0 unspecified atom stereocenters. The van der Waals surface area contributed by atoms with Gasteiger partial charge in [-0.1, -0.05) is 82.4 Å². The first kappa shape index (κ1) is 30.8. The molecule has 5 heteroatoms. The average Bonchev–Trinajstić information content (AvgIpc) is 3.37. The lowest BCUT2D eigenvalue weighted by Gasteiger charge is -2.20. The van der Waals surface area contributed by atoms with Crippen molar-refractivity contribution in [3.63, 3.8) is 0 Å². The molecule has 0 amide bonds. The second-order valence-electron chi connectivity index (χ2n) is 11.7. The maximum atomic E-state index is 14.1. The highest BCUT2D eigenvalue weighted by Crippen LogP contribution is 2.40. The Labute approximate surface area is 245 Å². The van der Waals surface area contributed by atoms with Crippen molar-refractivity contribution in [1.29, 1.82) is 0 Å². The number of nitrogens with zero attached hydrogens (tertiary/aromatic N) is 1. The summed E-state index contributed by atoms with van der Waals surface area (Å²) in [5, 5.41) is 0.692. The fraction of sp³-hybridized carbons (Fsp3) is 0.500. The van der Waals surface area contributed by atoms with Gasteiger partial charge in [0.05, 0.1) is 17.2 Å². The van der Waals surface area contributed by atoms with Gasteiger partial charge in [0, 0.05) is 23.4 Å². The van der Waals surface area contributed by atoms with E-state index in [-0.39, 0.29) is 23.8 Å². The van der Waals surface area contributed by atoms with Crippen molar-refractivity contribution in [1.82, 2.24) is 4.90 Å². The van der Waals surface area contributed by atoms with Crippen molar-refractivity contribution in [2.75, 3.05) is 19.6 Å². The van der Waals surface area contributed by atoms with Crippen LogP contribution in [0, 0.1) is 0 Å². The summed E-state index contributed by atoms with van der Waals surface area (Å²) in [6, 6.07) is 13.1. The number of rotatable bonds is 14. The SMILES string of the molecule is CCCCN(C/C=C/c1ccc(C(=O)c2c(C3CCCCC3)oc3ccc(C(=O)OC(C)C)cc23)cc1)CCCC. The molecule has 1 heterocycles. The Bertz CT molecular complexity index is 1300. The van der Waals surface area contributed by atoms with Crippen LogP contribution in [0.1, 0.15) is 129 Å². The molecule has 0 N–H and O–H groups in total. The topological polar surface area (TPSA) is 59.8 Å². The first-order chi connectivity index (χ1) is 19.9. The minimum atomic E-state index is -0.389. The molecule has 41 heavy (non-hydrogen) atoms. The molecule has 4 rings (SSSR count). The molecule has 0 atom stereocenters. The van der Waals surface area contributed by atoms with Gasteiger partial charge in [-0.15, -0.1) is 0 Å². The number of unbranched alkanes of at least 4 members (excludes halogenated alkanes) is 2. The summed E-state index contributed by atoms with van der Waals surface area (Å²) >= 11 is 0. The van der Waals surface area contributed by atoms with E-state index in [9.17, 15) is 9.59 Å². The lowest BCUT2D eigenvalue weighted by atomic mass is 9.84. The summed E-state index contributed by atoms with van der Waals surface area (Å²) in [6.45, 7) is 11.3. The summed E-state index contributed by atoms with van der Waals surface area (Å²) in [5.41, 5.74) is 3.38. The van der Waals surface area contributed by atoms with E-state index in [4.69, 9.17) is 9.15 Å². The lowest BCUT2D eigenvalue weighted by Crippen LogP contribution is -2.26. The Morgan fingerprint density at radius 1 is 0.951 bits per heavy atom. The van der Waals surface area contributed by atoms with E-state index in [1.807, 2.05) is 38.1 Å². The molecular formula is C36H47NO4. The molecule has 0 saturated heterocycles. The number of carbonyl (C=O) groups excluding carboxylic acids is 2. The zero-order valence-electron chi connectivity index (χ0n) is 25.4. The third-order valence-corrected chi connectivity index (χ3v) is 8.00. The minimum Gasteiger partial charge on any atom is -0.460 e. The Morgan fingerprint density at radius 2 is 1.61 bits per heavy atom. The molecule has 3 aromatic rings. The number of ketones is 1. The van der Waals surface area contributed by atoms with Crippen molar-refractivity contribution < 1.29 is 18.7 Å². The van der Waals surface area contributed by atoms with Gasteiger partial charge < -0.3 is 9.15 Å². The molecule has 2 aromatic carbocycles. The number of hydrogen-bond acceptors (Lipinski definition) is 5. The van der Waals surface area contributed by atoms with E-state index in [0.717, 1.165) is 56.6 Å². The van der Waals surface area contributed by atoms with E-state index >= 15 is 0 Å². The number of ether oxygens (including phenoxy) is 1. The summed E-state index contributed by atoms with van der Waals surface area (Å²) < 4.78 is 11.8. The number of furan rings is 1. The molecule has 0 aliphatic heterocycles. The van der Waals surface area contributed by atoms with E-state index in [1.165, 1.54) is 32.1 Å². The monoisotopic (exact) mass is 557 g/mol. The van der Waals surface area contributed by atoms with Gasteiger partial charge in [-0.2, -0.15) is 0 Å². The molecule has 1 aliphatic carbocycles. The third-order valence-electron chi connectivity index (χ3n) is 8.00. The molecule has 1 aromatic heterocycles. The van der Waals surface area contributed by atoms with Crippen LogP contribution in [0.3, 0.4) is 0 Å². The van der Waals surface area contributed by atoms with Gasteiger partial charge in [0.1, 0.15) is 11.3 Å². The van der Waals surface area contributed by atoms with E-state index in [2.05, 4.69) is 30.9 Å². The van der Waals surface area contributed by atoms with Crippen LogP contribution >= 0.6 is 0 Å². The number of fused-ring (bicyclic) bond motifs is 1. The number of benzene rings is 2. The van der Waals surface area contributed by atoms with Crippen LogP contribution in [-0.4, -0.2) is 42.4 Å². The van der Waals surface area contributed by atoms with Gasteiger partial charge in [0.2, 0.25) is 0 Å². The maximum absolute atomic E-state index is 14.1. The normalized spacial score (nSPS) is 14.5. The number of hydrogen-bond donors (Lipinski definition) is 0. The molecule has 1 aliphatic rings. The Morgan fingerprint density at radius 3 is 2.24 bits per heavy atom. The zero-order valence-corrected chi connectivity index (χ0v) is 25.4. The summed E-state index contributed by atoms with van der Waals surface area (Å²) in [7, 11) is 0. The molecule has 1 fully saturated rings. The number of esters is 1. The smallest absolute Gasteiger partial charge is 0.338 e. The molecule has 5 nitrogen and oxygen atoms in total. The van der Waals surface area contributed by atoms with Gasteiger partial charge in [0.25, 0.3) is 0 Å². The number of carbonyl (C=O) groups is 2. The van der Waals surface area contributed by atoms with Crippen molar-refractivity contribution in [3.05, 3.63) is 76.6 Å². The second kappa shape index (κ2) is 15.2. The van der Waals surface area contributed by atoms with Crippen molar-refractivity contribution >= 4 is 28.8 Å². The fourth-order valence-electron chi connectivity index (χ4n) is 5.70.